The summed E-state index contributed by atoms with van der Waals surface area (Å²) in [5.41, 5.74) is 2.17. The van der Waals surface area contributed by atoms with Gasteiger partial charge in [0.15, 0.2) is 0 Å². The number of ether oxygens (including phenoxy) is 1. The zero-order valence-electron chi connectivity index (χ0n) is 13.3. The van der Waals surface area contributed by atoms with E-state index in [1.54, 1.807) is 31.2 Å². The van der Waals surface area contributed by atoms with Crippen LogP contribution in [0, 0.1) is 5.82 Å². The fraction of sp³-hybridized carbons (Fsp3) is 0.111. The molecule has 25 heavy (non-hydrogen) atoms. The second-order valence-electron chi connectivity index (χ2n) is 5.06. The molecule has 1 amide bonds. The smallest absolute Gasteiger partial charge is 0.412 e. The van der Waals surface area contributed by atoms with Crippen LogP contribution in [0.1, 0.15) is 6.92 Å². The van der Waals surface area contributed by atoms with E-state index in [-0.39, 0.29) is 12.4 Å². The number of rotatable bonds is 4. The molecule has 0 unspecified atom stereocenters. The molecule has 0 spiro atoms. The monoisotopic (exact) mass is 376 g/mol. The van der Waals surface area contributed by atoms with Gasteiger partial charge in [0.2, 0.25) is 0 Å². The average molecular weight is 377 g/mol. The van der Waals surface area contributed by atoms with E-state index < -0.39 is 6.09 Å². The van der Waals surface area contributed by atoms with Crippen molar-refractivity contribution in [2.45, 2.75) is 6.92 Å². The van der Waals surface area contributed by atoms with Crippen LogP contribution in [0.3, 0.4) is 0 Å². The maximum atomic E-state index is 13.1. The lowest BCUT2D eigenvalue weighted by Gasteiger charge is -2.05. The van der Waals surface area contributed by atoms with Crippen molar-refractivity contribution in [1.82, 2.24) is 4.98 Å². The second kappa shape index (κ2) is 7.63. The topological polar surface area (TPSA) is 51.2 Å². The predicted molar refractivity (Wildman–Crippen MR) is 98.6 cm³/mol. The van der Waals surface area contributed by atoms with Crippen molar-refractivity contribution < 1.29 is 13.9 Å². The molecule has 3 rings (SSSR count). The Bertz CT molecular complexity index is 879. The number of nitrogens with one attached hydrogen (secondary N) is 1. The largest absolute Gasteiger partial charge is 0.450 e. The third kappa shape index (κ3) is 4.15. The van der Waals surface area contributed by atoms with E-state index in [2.05, 4.69) is 10.3 Å². The summed E-state index contributed by atoms with van der Waals surface area (Å²) in [5.74, 6) is -0.317. The maximum Gasteiger partial charge on any atom is 0.412 e. The molecule has 0 aliphatic rings. The summed E-state index contributed by atoms with van der Waals surface area (Å²) in [4.78, 5) is 16.4. The van der Waals surface area contributed by atoms with Crippen molar-refractivity contribution in [3.8, 4) is 21.8 Å². The molecular weight excluding hydrogens is 363 g/mol. The van der Waals surface area contributed by atoms with E-state index in [1.807, 2.05) is 12.1 Å². The molecular formula is C18H14ClFN2O2S. The van der Waals surface area contributed by atoms with E-state index in [0.29, 0.717) is 20.7 Å². The number of carbonyl (C=O) groups excluding carboxylic acids is 1. The van der Waals surface area contributed by atoms with Crippen molar-refractivity contribution in [2.24, 2.45) is 0 Å². The van der Waals surface area contributed by atoms with Crippen molar-refractivity contribution in [1.29, 1.82) is 0 Å². The Kier molecular flexibility index (Phi) is 5.31. The number of anilines is 1. The number of carbonyl (C=O) groups is 1. The second-order valence-corrected chi connectivity index (χ2v) is 6.49. The Morgan fingerprint density at radius 1 is 1.16 bits per heavy atom. The highest BCUT2D eigenvalue weighted by atomic mass is 35.5. The molecule has 1 N–H and O–H groups in total. The fourth-order valence-electron chi connectivity index (χ4n) is 2.18. The van der Waals surface area contributed by atoms with Gasteiger partial charge in [-0.15, -0.1) is 0 Å². The van der Waals surface area contributed by atoms with E-state index in [1.165, 1.54) is 23.5 Å². The molecule has 4 nitrogen and oxygen atoms in total. The number of hydrogen-bond donors (Lipinski definition) is 1. The van der Waals surface area contributed by atoms with Gasteiger partial charge in [-0.05, 0) is 43.3 Å². The highest BCUT2D eigenvalue weighted by Gasteiger charge is 2.17. The minimum Gasteiger partial charge on any atom is -0.450 e. The van der Waals surface area contributed by atoms with Gasteiger partial charge >= 0.3 is 6.09 Å². The molecule has 1 aromatic heterocycles. The highest BCUT2D eigenvalue weighted by molar-refractivity contribution is 7.19. The van der Waals surface area contributed by atoms with Gasteiger partial charge in [-0.1, -0.05) is 35.1 Å². The first kappa shape index (κ1) is 17.4. The van der Waals surface area contributed by atoms with Crippen molar-refractivity contribution >= 4 is 34.0 Å². The fourth-order valence-corrected chi connectivity index (χ4v) is 3.29. The van der Waals surface area contributed by atoms with Crippen LogP contribution >= 0.6 is 22.9 Å². The van der Waals surface area contributed by atoms with Crippen LogP contribution in [0.25, 0.3) is 21.8 Å². The normalized spacial score (nSPS) is 10.5. The Morgan fingerprint density at radius 2 is 1.80 bits per heavy atom. The Morgan fingerprint density at radius 3 is 2.44 bits per heavy atom. The van der Waals surface area contributed by atoms with Crippen molar-refractivity contribution in [3.63, 3.8) is 0 Å². The van der Waals surface area contributed by atoms with Gasteiger partial charge in [0.25, 0.3) is 0 Å². The molecule has 0 saturated heterocycles. The maximum absolute atomic E-state index is 13.1. The summed E-state index contributed by atoms with van der Waals surface area (Å²) in [5, 5.41) is 4.54. The van der Waals surface area contributed by atoms with Crippen LogP contribution < -0.4 is 5.32 Å². The summed E-state index contributed by atoms with van der Waals surface area (Å²) in [6, 6.07) is 13.2. The highest BCUT2D eigenvalue weighted by Crippen LogP contribution is 2.38. The Hall–Kier alpha value is -2.44. The molecule has 0 fully saturated rings. The number of thiazole rings is 1. The first-order valence-corrected chi connectivity index (χ1v) is 8.72. The minimum absolute atomic E-state index is 0.270. The molecule has 128 valence electrons. The minimum atomic E-state index is -0.549. The summed E-state index contributed by atoms with van der Waals surface area (Å²) in [6.07, 6.45) is -0.549. The number of aromatic nitrogens is 1. The van der Waals surface area contributed by atoms with Gasteiger partial charge < -0.3 is 4.74 Å². The Balaban J connectivity index is 2.02. The molecule has 7 heteroatoms. The van der Waals surface area contributed by atoms with E-state index >= 15 is 0 Å². The predicted octanol–water partition coefficient (Wildman–Crippen LogP) is 5.84. The SMILES string of the molecule is CCOC(=O)Nc1sc(-c2ccc(F)cc2)nc1-c1ccc(Cl)cc1. The summed E-state index contributed by atoms with van der Waals surface area (Å²) in [6.45, 7) is 2.00. The van der Waals surface area contributed by atoms with E-state index in [9.17, 15) is 9.18 Å². The number of nitrogens with zero attached hydrogens (tertiary/aromatic N) is 1. The first-order chi connectivity index (χ1) is 12.1. The zero-order chi connectivity index (χ0) is 17.8. The van der Waals surface area contributed by atoms with Crippen LogP contribution in [-0.2, 0) is 4.74 Å². The molecule has 0 saturated carbocycles. The van der Waals surface area contributed by atoms with Crippen LogP contribution in [-0.4, -0.2) is 17.7 Å². The number of hydrogen-bond acceptors (Lipinski definition) is 4. The van der Waals surface area contributed by atoms with Gasteiger partial charge in [-0.2, -0.15) is 0 Å². The summed E-state index contributed by atoms with van der Waals surface area (Å²) >= 11 is 7.23. The third-order valence-electron chi connectivity index (χ3n) is 3.33. The molecule has 3 aromatic rings. The molecule has 2 aromatic carbocycles. The van der Waals surface area contributed by atoms with E-state index in [4.69, 9.17) is 16.3 Å². The molecule has 0 bridgehead atoms. The van der Waals surface area contributed by atoms with Gasteiger partial charge in [0.1, 0.15) is 21.5 Å². The molecule has 0 aliphatic carbocycles. The molecule has 0 radical (unpaired) electrons. The van der Waals surface area contributed by atoms with Gasteiger partial charge in [0.05, 0.1) is 6.61 Å². The van der Waals surface area contributed by atoms with Crippen molar-refractivity contribution in [2.75, 3.05) is 11.9 Å². The lowest BCUT2D eigenvalue weighted by molar-refractivity contribution is 0.168. The zero-order valence-corrected chi connectivity index (χ0v) is 14.8. The summed E-state index contributed by atoms with van der Waals surface area (Å²) < 4.78 is 18.1. The van der Waals surface area contributed by atoms with Gasteiger partial charge in [-0.25, -0.2) is 14.2 Å². The summed E-state index contributed by atoms with van der Waals surface area (Å²) in [7, 11) is 0. The standard InChI is InChI=1S/C18H14ClFN2O2S/c1-2-24-18(23)22-17-15(11-3-7-13(19)8-4-11)21-16(25-17)12-5-9-14(20)10-6-12/h3-10H,2H2,1H3,(H,22,23). The van der Waals surface area contributed by atoms with E-state index in [0.717, 1.165) is 11.1 Å². The van der Waals surface area contributed by atoms with Gasteiger partial charge in [-0.3, -0.25) is 5.32 Å². The average Bonchev–Trinajstić information content (AvgIpc) is 3.00. The molecule has 0 aliphatic heterocycles. The Labute approximate surface area is 153 Å². The van der Waals surface area contributed by atoms with Gasteiger partial charge in [0, 0.05) is 16.1 Å². The van der Waals surface area contributed by atoms with Crippen molar-refractivity contribution in [3.05, 3.63) is 59.4 Å². The van der Waals surface area contributed by atoms with Crippen LogP contribution in [0.5, 0.6) is 0 Å². The number of benzene rings is 2. The lowest BCUT2D eigenvalue weighted by atomic mass is 10.1. The van der Waals surface area contributed by atoms with Crippen LogP contribution in [0.15, 0.2) is 48.5 Å². The molecule has 1 heterocycles. The molecule has 0 atom stereocenters. The third-order valence-corrected chi connectivity index (χ3v) is 4.60. The quantitative estimate of drug-likeness (QED) is 0.622. The van der Waals surface area contributed by atoms with Crippen LogP contribution in [0.4, 0.5) is 14.2 Å². The number of amides is 1. The number of halogens is 2. The first-order valence-electron chi connectivity index (χ1n) is 7.53. The lowest BCUT2D eigenvalue weighted by Crippen LogP contribution is -2.12. The van der Waals surface area contributed by atoms with Crippen LogP contribution in [0.2, 0.25) is 5.02 Å².